The van der Waals surface area contributed by atoms with E-state index in [4.69, 9.17) is 4.18 Å². The molecule has 0 spiro atoms. The average molecular weight is 426 g/mol. The molecule has 3 aromatic carbocycles. The fourth-order valence-corrected chi connectivity index (χ4v) is 3.71. The van der Waals surface area contributed by atoms with Gasteiger partial charge >= 0.3 is 10.1 Å². The molecule has 0 aromatic heterocycles. The van der Waals surface area contributed by atoms with Crippen LogP contribution in [0.25, 0.3) is 12.2 Å². The largest absolute Gasteiger partial charge is 0.379 e. The molecule has 0 aliphatic rings. The highest BCUT2D eigenvalue weighted by atomic mass is 32.2. The van der Waals surface area contributed by atoms with Crippen LogP contribution < -0.4 is 4.18 Å². The van der Waals surface area contributed by atoms with E-state index in [0.717, 1.165) is 12.1 Å². The first-order valence-electron chi connectivity index (χ1n) is 8.47. The summed E-state index contributed by atoms with van der Waals surface area (Å²) in [5, 5.41) is 22.0. The van der Waals surface area contributed by atoms with Gasteiger partial charge in [-0.25, -0.2) is 0 Å². The lowest BCUT2D eigenvalue weighted by Crippen LogP contribution is -2.11. The molecule has 152 valence electrons. The molecule has 0 N–H and O–H groups in total. The molecule has 30 heavy (non-hydrogen) atoms. The zero-order valence-electron chi connectivity index (χ0n) is 15.2. The maximum atomic E-state index is 12.8. The van der Waals surface area contributed by atoms with Gasteiger partial charge in [0.05, 0.1) is 9.85 Å². The Morgan fingerprint density at radius 2 is 1.43 bits per heavy atom. The van der Waals surface area contributed by atoms with Crippen molar-refractivity contribution in [1.29, 1.82) is 0 Å². The lowest BCUT2D eigenvalue weighted by molar-refractivity contribution is -0.385. The first kappa shape index (κ1) is 20.7. The fourth-order valence-electron chi connectivity index (χ4n) is 2.57. The Labute approximate surface area is 171 Å². The van der Waals surface area contributed by atoms with Crippen molar-refractivity contribution >= 4 is 33.6 Å². The van der Waals surface area contributed by atoms with E-state index >= 15 is 0 Å². The van der Waals surface area contributed by atoms with Gasteiger partial charge in [0.1, 0.15) is 10.6 Å². The van der Waals surface area contributed by atoms with E-state index in [1.807, 2.05) is 0 Å². The highest BCUT2D eigenvalue weighted by molar-refractivity contribution is 7.87. The third kappa shape index (κ3) is 4.86. The number of non-ortho nitro benzene ring substituents is 2. The molecule has 3 aromatic rings. The lowest BCUT2D eigenvalue weighted by atomic mass is 10.1. The second-order valence-corrected chi connectivity index (χ2v) is 7.53. The number of benzene rings is 3. The van der Waals surface area contributed by atoms with Gasteiger partial charge in [-0.1, -0.05) is 42.5 Å². The summed E-state index contributed by atoms with van der Waals surface area (Å²) < 4.78 is 30.7. The molecule has 0 amide bonds. The third-order valence-corrected chi connectivity index (χ3v) is 5.27. The average Bonchev–Trinajstić information content (AvgIpc) is 2.72. The standard InChI is InChI=1S/C20H14N2O7S/c23-21(24)17-6-4-5-15(13-17)9-10-16-11-12-18(22(25)26)14-20(16)30(27,28)29-19-7-2-1-3-8-19/h1-14H. The molecule has 3 rings (SSSR count). The predicted molar refractivity (Wildman–Crippen MR) is 109 cm³/mol. The Morgan fingerprint density at radius 3 is 2.10 bits per heavy atom. The molecule has 10 heteroatoms. The molecule has 0 aliphatic heterocycles. The zero-order valence-corrected chi connectivity index (χ0v) is 16.1. The zero-order chi connectivity index (χ0) is 21.7. The van der Waals surface area contributed by atoms with Crippen LogP contribution in [0.2, 0.25) is 0 Å². The van der Waals surface area contributed by atoms with Crippen molar-refractivity contribution in [2.75, 3.05) is 0 Å². The van der Waals surface area contributed by atoms with Crippen LogP contribution in [0, 0.1) is 20.2 Å². The Morgan fingerprint density at radius 1 is 0.767 bits per heavy atom. The number of para-hydroxylation sites is 1. The van der Waals surface area contributed by atoms with Gasteiger partial charge < -0.3 is 4.18 Å². The first-order valence-corrected chi connectivity index (χ1v) is 9.87. The summed E-state index contributed by atoms with van der Waals surface area (Å²) in [6.45, 7) is 0. The van der Waals surface area contributed by atoms with Crippen LogP contribution in [0.1, 0.15) is 11.1 Å². The van der Waals surface area contributed by atoms with E-state index in [9.17, 15) is 28.6 Å². The van der Waals surface area contributed by atoms with Gasteiger partial charge in [0.25, 0.3) is 11.4 Å². The van der Waals surface area contributed by atoms with Crippen LogP contribution in [-0.4, -0.2) is 18.3 Å². The maximum absolute atomic E-state index is 12.8. The smallest absolute Gasteiger partial charge is 0.340 e. The second-order valence-electron chi connectivity index (χ2n) is 6.02. The Hall–Kier alpha value is -4.05. The Bertz CT molecular complexity index is 1240. The minimum Gasteiger partial charge on any atom is -0.379 e. The molecule has 9 nitrogen and oxygen atoms in total. The fraction of sp³-hybridized carbons (Fsp3) is 0. The molecular weight excluding hydrogens is 412 g/mol. The summed E-state index contributed by atoms with van der Waals surface area (Å²) in [5.41, 5.74) is 0.0387. The Balaban J connectivity index is 2.03. The molecule has 0 aliphatic carbocycles. The number of rotatable bonds is 7. The van der Waals surface area contributed by atoms with Crippen molar-refractivity contribution in [1.82, 2.24) is 0 Å². The number of hydrogen-bond donors (Lipinski definition) is 0. The van der Waals surface area contributed by atoms with Crippen LogP contribution in [0.4, 0.5) is 11.4 Å². The number of nitro groups is 2. The van der Waals surface area contributed by atoms with E-state index in [0.29, 0.717) is 5.56 Å². The molecule has 0 unspecified atom stereocenters. The maximum Gasteiger partial charge on any atom is 0.340 e. The van der Waals surface area contributed by atoms with E-state index in [1.165, 1.54) is 48.6 Å². The molecule has 0 radical (unpaired) electrons. The molecule has 0 saturated carbocycles. The summed E-state index contributed by atoms with van der Waals surface area (Å²) in [7, 11) is -4.39. The highest BCUT2D eigenvalue weighted by Gasteiger charge is 2.23. The quantitative estimate of drug-likeness (QED) is 0.236. The summed E-state index contributed by atoms with van der Waals surface area (Å²) in [4.78, 5) is 20.4. The molecule has 0 fully saturated rings. The van der Waals surface area contributed by atoms with Crippen molar-refractivity contribution < 1.29 is 22.4 Å². The van der Waals surface area contributed by atoms with Crippen molar-refractivity contribution in [3.05, 3.63) is 104 Å². The predicted octanol–water partition coefficient (Wildman–Crippen LogP) is 4.44. The van der Waals surface area contributed by atoms with E-state index in [1.54, 1.807) is 24.3 Å². The molecule has 0 atom stereocenters. The van der Waals surface area contributed by atoms with Crippen molar-refractivity contribution in [2.45, 2.75) is 4.90 Å². The van der Waals surface area contributed by atoms with Crippen LogP contribution in [0.3, 0.4) is 0 Å². The normalized spacial score (nSPS) is 11.3. The third-order valence-electron chi connectivity index (χ3n) is 3.96. The molecule has 0 heterocycles. The summed E-state index contributed by atoms with van der Waals surface area (Å²) in [5.74, 6) is 0.0534. The van der Waals surface area contributed by atoms with E-state index < -0.39 is 30.5 Å². The van der Waals surface area contributed by atoms with Crippen LogP contribution in [0.15, 0.2) is 77.7 Å². The van der Waals surface area contributed by atoms with Crippen molar-refractivity contribution in [2.24, 2.45) is 0 Å². The Kier molecular flexibility index (Phi) is 5.88. The van der Waals surface area contributed by atoms with Crippen LogP contribution in [0.5, 0.6) is 5.75 Å². The molecule has 0 bridgehead atoms. The van der Waals surface area contributed by atoms with Gasteiger partial charge in [0.2, 0.25) is 0 Å². The van der Waals surface area contributed by atoms with Crippen LogP contribution in [-0.2, 0) is 10.1 Å². The second kappa shape index (κ2) is 8.53. The first-order chi connectivity index (χ1) is 14.3. The van der Waals surface area contributed by atoms with Gasteiger partial charge in [-0.15, -0.1) is 0 Å². The lowest BCUT2D eigenvalue weighted by Gasteiger charge is -2.09. The summed E-state index contributed by atoms with van der Waals surface area (Å²) in [6, 6.07) is 16.8. The van der Waals surface area contributed by atoms with Crippen molar-refractivity contribution in [3.63, 3.8) is 0 Å². The molecule has 0 saturated heterocycles. The summed E-state index contributed by atoms with van der Waals surface area (Å²) in [6.07, 6.45) is 2.86. The number of hydrogen-bond acceptors (Lipinski definition) is 7. The minimum absolute atomic E-state index is 0.0534. The van der Waals surface area contributed by atoms with Gasteiger partial charge in [-0.2, -0.15) is 8.42 Å². The van der Waals surface area contributed by atoms with Gasteiger partial charge in [0, 0.05) is 24.3 Å². The van der Waals surface area contributed by atoms with Gasteiger partial charge in [-0.05, 0) is 29.3 Å². The summed E-state index contributed by atoms with van der Waals surface area (Å²) >= 11 is 0. The van der Waals surface area contributed by atoms with Gasteiger partial charge in [-0.3, -0.25) is 20.2 Å². The monoisotopic (exact) mass is 426 g/mol. The molecular formula is C20H14N2O7S. The van der Waals surface area contributed by atoms with Crippen LogP contribution >= 0.6 is 0 Å². The topological polar surface area (TPSA) is 130 Å². The SMILES string of the molecule is O=[N+]([O-])c1cccc(C=Cc2ccc([N+](=O)[O-])cc2S(=O)(=O)Oc2ccccc2)c1. The van der Waals surface area contributed by atoms with E-state index in [-0.39, 0.29) is 17.0 Å². The van der Waals surface area contributed by atoms with Crippen molar-refractivity contribution in [3.8, 4) is 5.75 Å². The van der Waals surface area contributed by atoms with E-state index in [2.05, 4.69) is 0 Å². The number of nitro benzene ring substituents is 2. The number of nitrogens with zero attached hydrogens (tertiary/aromatic N) is 2. The highest BCUT2D eigenvalue weighted by Crippen LogP contribution is 2.27. The minimum atomic E-state index is -4.39. The van der Waals surface area contributed by atoms with Gasteiger partial charge in [0.15, 0.2) is 0 Å².